The van der Waals surface area contributed by atoms with Crippen LogP contribution < -0.4 is 10.2 Å². The number of carbonyl (C=O) groups is 2. The smallest absolute Gasteiger partial charge is 0.329 e. The lowest BCUT2D eigenvalue weighted by Gasteiger charge is -2.40. The Bertz CT molecular complexity index is 634. The maximum atomic E-state index is 12.7. The normalized spacial score (nSPS) is 28.8. The molecule has 1 saturated carbocycles. The van der Waals surface area contributed by atoms with Crippen molar-refractivity contribution in [2.45, 2.75) is 32.2 Å². The van der Waals surface area contributed by atoms with Gasteiger partial charge in [0.05, 0.1) is 22.7 Å². The van der Waals surface area contributed by atoms with Gasteiger partial charge in [-0.1, -0.05) is 12.5 Å². The van der Waals surface area contributed by atoms with Crippen LogP contribution in [0, 0.1) is 16.7 Å². The van der Waals surface area contributed by atoms with Crippen molar-refractivity contribution in [3.8, 4) is 6.07 Å². The van der Waals surface area contributed by atoms with Crippen molar-refractivity contribution in [3.63, 3.8) is 0 Å². The van der Waals surface area contributed by atoms with Crippen LogP contribution in [0.1, 0.15) is 31.7 Å². The first kappa shape index (κ1) is 12.7. The molecule has 1 saturated heterocycles. The van der Waals surface area contributed by atoms with Crippen LogP contribution in [-0.4, -0.2) is 18.0 Å². The second kappa shape index (κ2) is 4.34. The van der Waals surface area contributed by atoms with Gasteiger partial charge in [-0.3, -0.25) is 4.79 Å². The van der Waals surface area contributed by atoms with Gasteiger partial charge in [0.15, 0.2) is 0 Å². The highest BCUT2D eigenvalue weighted by molar-refractivity contribution is 6.18. The third-order valence-electron chi connectivity index (χ3n) is 4.38. The Balaban J connectivity index is 2.02. The topological polar surface area (TPSA) is 73.2 Å². The lowest BCUT2D eigenvalue weighted by Crippen LogP contribution is -2.63. The molecule has 5 heteroatoms. The zero-order valence-electron chi connectivity index (χ0n) is 11.2. The first-order chi connectivity index (χ1) is 9.56. The predicted molar refractivity (Wildman–Crippen MR) is 72.9 cm³/mol. The highest BCUT2D eigenvalue weighted by Gasteiger charge is 2.53. The Morgan fingerprint density at radius 3 is 3.00 bits per heavy atom. The number of urea groups is 1. The van der Waals surface area contributed by atoms with E-state index in [0.717, 1.165) is 19.3 Å². The molecule has 0 bridgehead atoms. The molecule has 1 aliphatic carbocycles. The van der Waals surface area contributed by atoms with E-state index in [1.165, 1.54) is 4.90 Å². The third-order valence-corrected chi connectivity index (χ3v) is 4.38. The van der Waals surface area contributed by atoms with Gasteiger partial charge in [-0.25, -0.2) is 9.69 Å². The van der Waals surface area contributed by atoms with Gasteiger partial charge < -0.3 is 5.32 Å². The monoisotopic (exact) mass is 269 g/mol. The van der Waals surface area contributed by atoms with E-state index in [4.69, 9.17) is 5.26 Å². The lowest BCUT2D eigenvalue weighted by atomic mass is 9.81. The van der Waals surface area contributed by atoms with E-state index >= 15 is 0 Å². The van der Waals surface area contributed by atoms with Crippen LogP contribution in [0.3, 0.4) is 0 Å². The molecule has 1 N–H and O–H groups in total. The molecule has 5 nitrogen and oxygen atoms in total. The first-order valence-corrected chi connectivity index (χ1v) is 6.71. The van der Waals surface area contributed by atoms with Crippen LogP contribution in [-0.2, 0) is 4.79 Å². The summed E-state index contributed by atoms with van der Waals surface area (Å²) in [6.07, 6.45) is 2.57. The Hall–Kier alpha value is -2.35. The van der Waals surface area contributed by atoms with E-state index in [9.17, 15) is 9.59 Å². The summed E-state index contributed by atoms with van der Waals surface area (Å²) in [6, 6.07) is 8.13. The number of rotatable bonds is 1. The molecule has 1 aromatic carbocycles. The maximum Gasteiger partial charge on any atom is 0.329 e. The van der Waals surface area contributed by atoms with Crippen molar-refractivity contribution in [2.75, 3.05) is 4.90 Å². The number of anilines is 1. The molecule has 3 rings (SSSR count). The Kier molecular flexibility index (Phi) is 2.75. The van der Waals surface area contributed by atoms with Gasteiger partial charge in [-0.2, -0.15) is 5.26 Å². The second-order valence-electron chi connectivity index (χ2n) is 5.61. The van der Waals surface area contributed by atoms with Crippen LogP contribution in [0.5, 0.6) is 0 Å². The van der Waals surface area contributed by atoms with Gasteiger partial charge in [0.2, 0.25) is 5.91 Å². The van der Waals surface area contributed by atoms with Gasteiger partial charge in [0.25, 0.3) is 0 Å². The summed E-state index contributed by atoms with van der Waals surface area (Å²) in [7, 11) is 0. The molecular weight excluding hydrogens is 254 g/mol. The van der Waals surface area contributed by atoms with Crippen LogP contribution >= 0.6 is 0 Å². The molecule has 2 fully saturated rings. The minimum atomic E-state index is -0.531. The number of hydrogen-bond donors (Lipinski definition) is 1. The number of fused-ring (bicyclic) bond motifs is 1. The zero-order valence-corrected chi connectivity index (χ0v) is 11.2. The summed E-state index contributed by atoms with van der Waals surface area (Å²) in [5.41, 5.74) is 0.358. The van der Waals surface area contributed by atoms with E-state index in [0.29, 0.717) is 11.3 Å². The number of carbonyl (C=O) groups excluding carboxylic acids is 2. The fraction of sp³-hybridized carbons (Fsp3) is 0.400. The quantitative estimate of drug-likeness (QED) is 0.849. The molecular formula is C15H15N3O2. The molecule has 20 heavy (non-hydrogen) atoms. The highest BCUT2D eigenvalue weighted by Crippen LogP contribution is 2.43. The molecule has 0 aromatic heterocycles. The fourth-order valence-electron chi connectivity index (χ4n) is 3.16. The summed E-state index contributed by atoms with van der Waals surface area (Å²) in [5.74, 6) is -0.168. The highest BCUT2D eigenvalue weighted by atomic mass is 16.2. The molecule has 1 aliphatic heterocycles. The van der Waals surface area contributed by atoms with Gasteiger partial charge >= 0.3 is 6.03 Å². The third kappa shape index (κ3) is 1.68. The average molecular weight is 269 g/mol. The summed E-state index contributed by atoms with van der Waals surface area (Å²) in [5, 5.41) is 11.9. The van der Waals surface area contributed by atoms with Crippen LogP contribution in [0.2, 0.25) is 0 Å². The number of benzene rings is 1. The number of amides is 3. The summed E-state index contributed by atoms with van der Waals surface area (Å²) in [6.45, 7) is 1.91. The molecule has 2 aliphatic rings. The van der Waals surface area contributed by atoms with Gasteiger partial charge in [0, 0.05) is 6.04 Å². The molecule has 1 aromatic rings. The van der Waals surface area contributed by atoms with E-state index < -0.39 is 11.4 Å². The van der Waals surface area contributed by atoms with E-state index in [1.807, 2.05) is 13.0 Å². The second-order valence-corrected chi connectivity index (χ2v) is 5.61. The zero-order chi connectivity index (χ0) is 14.3. The minimum Gasteiger partial charge on any atom is -0.334 e. The largest absolute Gasteiger partial charge is 0.334 e. The van der Waals surface area contributed by atoms with Crippen molar-refractivity contribution in [2.24, 2.45) is 5.41 Å². The molecule has 1 heterocycles. The minimum absolute atomic E-state index is 0.0714. The number of hydrogen-bond acceptors (Lipinski definition) is 3. The first-order valence-electron chi connectivity index (χ1n) is 6.71. The van der Waals surface area contributed by atoms with Crippen LogP contribution in [0.15, 0.2) is 24.3 Å². The summed E-state index contributed by atoms with van der Waals surface area (Å²) in [4.78, 5) is 26.1. The SMILES string of the molecule is CC12CCCC1NC(=O)N(c1cccc(C#N)c1)C2=O. The Morgan fingerprint density at radius 2 is 2.25 bits per heavy atom. The van der Waals surface area contributed by atoms with E-state index in [1.54, 1.807) is 24.3 Å². The molecule has 0 spiro atoms. The van der Waals surface area contributed by atoms with Gasteiger partial charge in [0.1, 0.15) is 0 Å². The Labute approximate surface area is 117 Å². The number of nitrogens with zero attached hydrogens (tertiary/aromatic N) is 2. The van der Waals surface area contributed by atoms with Crippen molar-refractivity contribution in [1.82, 2.24) is 5.32 Å². The van der Waals surface area contributed by atoms with Crippen molar-refractivity contribution >= 4 is 17.6 Å². The lowest BCUT2D eigenvalue weighted by molar-refractivity contribution is -0.128. The van der Waals surface area contributed by atoms with Crippen molar-refractivity contribution < 1.29 is 9.59 Å². The molecule has 102 valence electrons. The van der Waals surface area contributed by atoms with E-state index in [-0.39, 0.29) is 11.9 Å². The maximum absolute atomic E-state index is 12.7. The standard InChI is InChI=1S/C15H15N3O2/c1-15-7-3-6-12(15)17-14(20)18(13(15)19)11-5-2-4-10(8-11)9-16/h2,4-5,8,12H,3,6-7H2,1H3,(H,17,20). The van der Waals surface area contributed by atoms with Crippen LogP contribution in [0.4, 0.5) is 10.5 Å². The number of imide groups is 1. The van der Waals surface area contributed by atoms with Crippen LogP contribution in [0.25, 0.3) is 0 Å². The van der Waals surface area contributed by atoms with Gasteiger partial charge in [-0.15, -0.1) is 0 Å². The predicted octanol–water partition coefficient (Wildman–Crippen LogP) is 2.17. The molecule has 2 unspecified atom stereocenters. The number of nitriles is 1. The Morgan fingerprint density at radius 1 is 1.45 bits per heavy atom. The molecule has 2 atom stereocenters. The molecule has 3 amide bonds. The molecule has 0 radical (unpaired) electrons. The summed E-state index contributed by atoms with van der Waals surface area (Å²) >= 11 is 0. The summed E-state index contributed by atoms with van der Waals surface area (Å²) < 4.78 is 0. The van der Waals surface area contributed by atoms with Gasteiger partial charge in [-0.05, 0) is 38.0 Å². The van der Waals surface area contributed by atoms with Crippen molar-refractivity contribution in [1.29, 1.82) is 5.26 Å². The average Bonchev–Trinajstić information content (AvgIpc) is 2.82. The fourth-order valence-corrected chi connectivity index (χ4v) is 3.16. The van der Waals surface area contributed by atoms with Crippen molar-refractivity contribution in [3.05, 3.63) is 29.8 Å². The van der Waals surface area contributed by atoms with E-state index in [2.05, 4.69) is 5.32 Å². The number of nitrogens with one attached hydrogen (secondary N) is 1.